The Balaban J connectivity index is 1.41. The molecule has 3 aromatic rings. The molecule has 0 aromatic heterocycles. The van der Waals surface area contributed by atoms with Crippen molar-refractivity contribution in [1.82, 2.24) is 4.90 Å². The molecule has 2 aliphatic carbocycles. The van der Waals surface area contributed by atoms with Crippen LogP contribution in [0.3, 0.4) is 0 Å². The molecule has 0 saturated carbocycles. The summed E-state index contributed by atoms with van der Waals surface area (Å²) < 4.78 is 12.4. The molecule has 1 heterocycles. The number of aryl methyl sites for hydroxylation is 1. The zero-order valence-corrected chi connectivity index (χ0v) is 30.8. The van der Waals surface area contributed by atoms with E-state index in [9.17, 15) is 14.4 Å². The molecule has 1 N–H and O–H groups in total. The van der Waals surface area contributed by atoms with E-state index in [1.165, 1.54) is 5.56 Å². The van der Waals surface area contributed by atoms with Crippen molar-refractivity contribution in [3.63, 3.8) is 0 Å². The van der Waals surface area contributed by atoms with Crippen LogP contribution in [0.2, 0.25) is 0 Å². The first-order valence-corrected chi connectivity index (χ1v) is 17.8. The highest BCUT2D eigenvalue weighted by Crippen LogP contribution is 2.55. The molecule has 0 unspecified atom stereocenters. The highest BCUT2D eigenvalue weighted by Gasteiger charge is 2.49. The van der Waals surface area contributed by atoms with Gasteiger partial charge < -0.3 is 19.7 Å². The number of hydrogen-bond acceptors (Lipinski definition) is 6. The normalized spacial score (nSPS) is 18.6. The Morgan fingerprint density at radius 2 is 1.47 bits per heavy atom. The predicted molar refractivity (Wildman–Crippen MR) is 196 cm³/mol. The van der Waals surface area contributed by atoms with Crippen molar-refractivity contribution in [2.45, 2.75) is 72.6 Å². The number of methoxy groups -OCH3 is 1. The van der Waals surface area contributed by atoms with Gasteiger partial charge in [-0.05, 0) is 87.8 Å². The van der Waals surface area contributed by atoms with Crippen LogP contribution in [0.25, 0.3) is 0 Å². The quantitative estimate of drug-likeness (QED) is 0.238. The third kappa shape index (κ3) is 7.25. The number of nitrogens with zero attached hydrogens (tertiary/aromatic N) is 1. The second-order valence-electron chi connectivity index (χ2n) is 15.1. The average molecular weight is 726 g/mol. The summed E-state index contributed by atoms with van der Waals surface area (Å²) in [7, 11) is 1.55. The highest BCUT2D eigenvalue weighted by atomic mass is 79.9. The van der Waals surface area contributed by atoms with Gasteiger partial charge in [-0.3, -0.25) is 14.4 Å². The number of rotatable bonds is 9. The van der Waals surface area contributed by atoms with E-state index in [1.807, 2.05) is 61.5 Å². The molecule has 6 rings (SSSR count). The number of ether oxygens (including phenoxy) is 2. The second-order valence-corrected chi connectivity index (χ2v) is 16.0. The first-order valence-electron chi connectivity index (χ1n) is 17.0. The fraction of sp³-hybridized carbons (Fsp3) is 0.390. The number of ketones is 2. The first-order chi connectivity index (χ1) is 23.3. The predicted octanol–water partition coefficient (Wildman–Crippen LogP) is 8.71. The number of halogens is 1. The highest BCUT2D eigenvalue weighted by molar-refractivity contribution is 9.10. The molecule has 0 spiro atoms. The standard InChI is InChI=1S/C41H45BrN2O5/c1-25-12-10-11-15-29(25)43-35(47)24-49-39-28(42)18-27(19-34(39)48-6)36-37-30(20-40(2,3)22-32(37)45)44(17-16-26-13-8-7-9-14-26)31-21-41(4,5)23-33(46)38(31)36/h7-15,18-19,36H,16-17,20-24H2,1-6H3,(H,43,47). The Morgan fingerprint density at radius 1 is 0.878 bits per heavy atom. The zero-order chi connectivity index (χ0) is 35.1. The lowest BCUT2D eigenvalue weighted by Gasteiger charge is -2.49. The van der Waals surface area contributed by atoms with Gasteiger partial charge in [0.1, 0.15) is 0 Å². The summed E-state index contributed by atoms with van der Waals surface area (Å²) in [6.45, 7) is 11.0. The molecule has 0 atom stereocenters. The van der Waals surface area contributed by atoms with Crippen LogP contribution in [0.15, 0.2) is 93.7 Å². The SMILES string of the molecule is COc1cc(C2C3=C(CC(C)(C)CC3=O)N(CCc3ccccc3)C3=C2C(=O)CC(C)(C)C3)cc(Br)c1OCC(=O)Nc1ccccc1C. The molecule has 1 aliphatic heterocycles. The van der Waals surface area contributed by atoms with Gasteiger partial charge in [-0.15, -0.1) is 0 Å². The molecule has 3 aromatic carbocycles. The summed E-state index contributed by atoms with van der Waals surface area (Å²) in [6.07, 6.45) is 3.09. The van der Waals surface area contributed by atoms with E-state index in [2.05, 4.69) is 66.0 Å². The largest absolute Gasteiger partial charge is 0.493 e. The molecular weight excluding hydrogens is 680 g/mol. The summed E-state index contributed by atoms with van der Waals surface area (Å²) in [4.78, 5) is 43.7. The van der Waals surface area contributed by atoms with Crippen molar-refractivity contribution in [3.05, 3.63) is 110 Å². The lowest BCUT2D eigenvalue weighted by molar-refractivity contribution is -0.120. The maximum Gasteiger partial charge on any atom is 0.262 e. The fourth-order valence-electron chi connectivity index (χ4n) is 7.62. The molecule has 0 bridgehead atoms. The van der Waals surface area contributed by atoms with Gasteiger partial charge in [-0.25, -0.2) is 0 Å². The summed E-state index contributed by atoms with van der Waals surface area (Å²) in [5, 5.41) is 2.90. The Bertz CT molecular complexity index is 1820. The van der Waals surface area contributed by atoms with Crippen molar-refractivity contribution in [2.24, 2.45) is 10.8 Å². The van der Waals surface area contributed by atoms with Crippen LogP contribution in [0.1, 0.15) is 76.0 Å². The van der Waals surface area contributed by atoms with Gasteiger partial charge in [-0.2, -0.15) is 0 Å². The van der Waals surface area contributed by atoms with Crippen LogP contribution >= 0.6 is 15.9 Å². The molecule has 7 nitrogen and oxygen atoms in total. The van der Waals surface area contributed by atoms with Crippen LogP contribution < -0.4 is 14.8 Å². The number of Topliss-reactive ketones (excluding diaryl/α,β-unsaturated/α-hetero) is 2. The number of amides is 1. The van der Waals surface area contributed by atoms with E-state index >= 15 is 0 Å². The van der Waals surface area contributed by atoms with Crippen molar-refractivity contribution in [2.75, 3.05) is 25.6 Å². The summed E-state index contributed by atoms with van der Waals surface area (Å²) in [5.41, 5.74) is 6.70. The van der Waals surface area contributed by atoms with Gasteiger partial charge in [0.05, 0.1) is 11.6 Å². The van der Waals surface area contributed by atoms with Gasteiger partial charge in [-0.1, -0.05) is 76.2 Å². The van der Waals surface area contributed by atoms with Crippen molar-refractivity contribution in [3.8, 4) is 11.5 Å². The number of allylic oxidation sites excluding steroid dienone is 4. The maximum atomic E-state index is 14.3. The Hall–Kier alpha value is -4.17. The molecule has 0 saturated heterocycles. The van der Waals surface area contributed by atoms with Gasteiger partial charge >= 0.3 is 0 Å². The maximum absolute atomic E-state index is 14.3. The van der Waals surface area contributed by atoms with E-state index in [0.717, 1.165) is 47.5 Å². The third-order valence-electron chi connectivity index (χ3n) is 9.84. The molecule has 8 heteroatoms. The minimum atomic E-state index is -0.534. The molecule has 256 valence electrons. The molecule has 1 amide bonds. The molecular formula is C41H45BrN2O5. The van der Waals surface area contributed by atoms with Crippen LogP contribution in [0.5, 0.6) is 11.5 Å². The number of para-hydroxylation sites is 1. The van der Waals surface area contributed by atoms with Gasteiger partial charge in [0.15, 0.2) is 29.7 Å². The Labute approximate surface area is 297 Å². The Kier molecular flexibility index (Phi) is 9.64. The molecule has 0 radical (unpaired) electrons. The third-order valence-corrected chi connectivity index (χ3v) is 10.4. The van der Waals surface area contributed by atoms with Crippen LogP contribution in [0.4, 0.5) is 5.69 Å². The monoisotopic (exact) mass is 724 g/mol. The minimum absolute atomic E-state index is 0.0773. The topological polar surface area (TPSA) is 84.9 Å². The van der Waals surface area contributed by atoms with Crippen LogP contribution in [-0.4, -0.2) is 42.6 Å². The zero-order valence-electron chi connectivity index (χ0n) is 29.2. The lowest BCUT2D eigenvalue weighted by atomic mass is 9.63. The second kappa shape index (κ2) is 13.6. The van der Waals surface area contributed by atoms with Gasteiger partial charge in [0, 0.05) is 53.5 Å². The van der Waals surface area contributed by atoms with E-state index in [0.29, 0.717) is 46.5 Å². The van der Waals surface area contributed by atoms with Crippen LogP contribution in [0, 0.1) is 17.8 Å². The average Bonchev–Trinajstić information content (AvgIpc) is 3.03. The summed E-state index contributed by atoms with van der Waals surface area (Å²) in [6, 6.07) is 21.7. The van der Waals surface area contributed by atoms with Gasteiger partial charge in [0.2, 0.25) is 0 Å². The van der Waals surface area contributed by atoms with Crippen molar-refractivity contribution in [1.29, 1.82) is 0 Å². The van der Waals surface area contributed by atoms with Crippen molar-refractivity contribution >= 4 is 39.1 Å². The molecule has 49 heavy (non-hydrogen) atoms. The first kappa shape index (κ1) is 34.7. The smallest absolute Gasteiger partial charge is 0.262 e. The van der Waals surface area contributed by atoms with E-state index in [4.69, 9.17) is 9.47 Å². The number of benzene rings is 3. The van der Waals surface area contributed by atoms with E-state index in [-0.39, 0.29) is 34.9 Å². The van der Waals surface area contributed by atoms with E-state index in [1.54, 1.807) is 7.11 Å². The van der Waals surface area contributed by atoms with Crippen molar-refractivity contribution < 1.29 is 23.9 Å². The summed E-state index contributed by atoms with van der Waals surface area (Å²) in [5.74, 6) is 0.111. The number of nitrogens with one attached hydrogen (secondary N) is 1. The van der Waals surface area contributed by atoms with Gasteiger partial charge in [0.25, 0.3) is 5.91 Å². The van der Waals surface area contributed by atoms with E-state index < -0.39 is 5.92 Å². The summed E-state index contributed by atoms with van der Waals surface area (Å²) >= 11 is 3.69. The minimum Gasteiger partial charge on any atom is -0.493 e. The lowest BCUT2D eigenvalue weighted by Crippen LogP contribution is -2.45. The fourth-order valence-corrected chi connectivity index (χ4v) is 8.19. The molecule has 0 fully saturated rings. The van der Waals surface area contributed by atoms with Crippen LogP contribution in [-0.2, 0) is 20.8 Å². The number of carbonyl (C=O) groups is 3. The Morgan fingerprint density at radius 3 is 2.06 bits per heavy atom. The number of hydrogen-bond donors (Lipinski definition) is 1. The number of carbonyl (C=O) groups excluding carboxylic acids is 3. The number of anilines is 1. The molecule has 3 aliphatic rings.